The van der Waals surface area contributed by atoms with Gasteiger partial charge < -0.3 is 20.5 Å². The van der Waals surface area contributed by atoms with Gasteiger partial charge in [-0.2, -0.15) is 0 Å². The molecule has 2 heterocycles. The van der Waals surface area contributed by atoms with Crippen LogP contribution in [0.3, 0.4) is 0 Å². The number of benzene rings is 2. The molecule has 4 rings (SSSR count). The van der Waals surface area contributed by atoms with Crippen molar-refractivity contribution in [3.63, 3.8) is 0 Å². The van der Waals surface area contributed by atoms with Crippen molar-refractivity contribution in [1.29, 1.82) is 5.41 Å². The Morgan fingerprint density at radius 2 is 2.00 bits per heavy atom. The molecule has 2 aromatic carbocycles. The molecule has 4 N–H and O–H groups in total. The monoisotopic (exact) mass is 582 g/mol. The number of hydrogen-bond donors (Lipinski definition) is 3. The van der Waals surface area contributed by atoms with Gasteiger partial charge in [-0.25, -0.2) is 0 Å². The predicted molar refractivity (Wildman–Crippen MR) is 142 cm³/mol. The summed E-state index contributed by atoms with van der Waals surface area (Å²) in [4.78, 5) is 17.1. The normalized spacial score (nSPS) is 19.7. The summed E-state index contributed by atoms with van der Waals surface area (Å²) in [5.41, 5.74) is 8.86. The number of para-hydroxylation sites is 1. The summed E-state index contributed by atoms with van der Waals surface area (Å²) in [7, 11) is 1.56. The molecule has 0 bridgehead atoms. The van der Waals surface area contributed by atoms with Crippen molar-refractivity contribution >= 4 is 58.9 Å². The Morgan fingerprint density at radius 3 is 2.73 bits per heavy atom. The lowest BCUT2D eigenvalue weighted by atomic mass is 10.0. The third-order valence-electron chi connectivity index (χ3n) is 5.72. The van der Waals surface area contributed by atoms with Gasteiger partial charge in [0.15, 0.2) is 6.29 Å². The molecule has 9 heteroatoms. The van der Waals surface area contributed by atoms with E-state index in [1.165, 1.54) is 4.90 Å². The number of carbonyl (C=O) groups excluding carboxylic acids is 1. The number of hydrogen-bond acceptors (Lipinski definition) is 7. The summed E-state index contributed by atoms with van der Waals surface area (Å²) < 4.78 is 11.1. The molecule has 2 aliphatic heterocycles. The molecule has 1 fully saturated rings. The second-order valence-corrected chi connectivity index (χ2v) is 9.64. The molecule has 0 radical (unpaired) electrons. The van der Waals surface area contributed by atoms with Gasteiger partial charge in [0.05, 0.1) is 30.1 Å². The van der Waals surface area contributed by atoms with Crippen LogP contribution < -0.4 is 11.1 Å². The molecule has 3 atom stereocenters. The van der Waals surface area contributed by atoms with E-state index in [4.69, 9.17) is 20.6 Å². The highest BCUT2D eigenvalue weighted by Crippen LogP contribution is 2.44. The van der Waals surface area contributed by atoms with Crippen LogP contribution in [0.4, 0.5) is 11.4 Å². The van der Waals surface area contributed by atoms with Gasteiger partial charge in [-0.3, -0.25) is 15.1 Å². The highest BCUT2D eigenvalue weighted by molar-refractivity contribution is 14.0. The molecule has 7 nitrogen and oxygen atoms in total. The quantitative estimate of drug-likeness (QED) is 0.219. The molecule has 2 aliphatic rings. The van der Waals surface area contributed by atoms with Crippen molar-refractivity contribution in [1.82, 2.24) is 4.90 Å². The summed E-state index contributed by atoms with van der Waals surface area (Å²) in [6.07, 6.45) is 0.559. The van der Waals surface area contributed by atoms with Crippen LogP contribution in [0.1, 0.15) is 32.3 Å². The Morgan fingerprint density at radius 1 is 1.27 bits per heavy atom. The molecule has 1 amide bonds. The maximum absolute atomic E-state index is 13.4. The van der Waals surface area contributed by atoms with Crippen LogP contribution in [-0.2, 0) is 14.3 Å². The highest BCUT2D eigenvalue weighted by atomic mass is 127. The van der Waals surface area contributed by atoms with Gasteiger partial charge in [0, 0.05) is 22.5 Å². The fourth-order valence-electron chi connectivity index (χ4n) is 4.18. The van der Waals surface area contributed by atoms with E-state index in [9.17, 15) is 4.79 Å². The maximum atomic E-state index is 13.4. The number of methoxy groups -OCH3 is 1. The molecule has 0 saturated carbocycles. The van der Waals surface area contributed by atoms with Gasteiger partial charge >= 0.3 is 0 Å². The Labute approximate surface area is 216 Å². The largest absolute Gasteiger partial charge is 0.354 e. The lowest BCUT2D eigenvalue weighted by Crippen LogP contribution is -2.54. The SMILES string of the molecule is COC1OCC[C@@H]1N(C(=N)c1ccc2c(c1)Nc1ccccc1S2)C(=O)[C@@H](N)CC(C)C.I. The van der Waals surface area contributed by atoms with Gasteiger partial charge in [-0.15, -0.1) is 24.0 Å². The highest BCUT2D eigenvalue weighted by Gasteiger charge is 2.40. The third-order valence-corrected chi connectivity index (χ3v) is 6.88. The topological polar surface area (TPSA) is 101 Å². The van der Waals surface area contributed by atoms with Gasteiger partial charge in [0.1, 0.15) is 5.84 Å². The smallest absolute Gasteiger partial charge is 0.245 e. The molecule has 178 valence electrons. The number of carbonyl (C=O) groups is 1. The lowest BCUT2D eigenvalue weighted by Gasteiger charge is -2.34. The number of nitrogens with zero attached hydrogens (tertiary/aromatic N) is 1. The van der Waals surface area contributed by atoms with E-state index in [0.717, 1.165) is 21.2 Å². The molecule has 2 aromatic rings. The summed E-state index contributed by atoms with van der Waals surface area (Å²) in [6.45, 7) is 4.53. The number of nitrogens with one attached hydrogen (secondary N) is 2. The molecule has 1 unspecified atom stereocenters. The standard InChI is InChI=1S/C24H30N4O3S.HI/c1-14(2)12-16(25)23(29)28(19-10-11-31-24(19)30-3)22(26)15-8-9-21-18(13-15)27-17-6-4-5-7-20(17)32-21;/h4-9,13-14,16,19,24,26-27H,10-12,25H2,1-3H3;1H/t16-,19-,24?;/m0./s1. The summed E-state index contributed by atoms with van der Waals surface area (Å²) >= 11 is 1.69. The average molecular weight is 583 g/mol. The second kappa shape index (κ2) is 11.2. The summed E-state index contributed by atoms with van der Waals surface area (Å²) in [5, 5.41) is 12.4. The average Bonchev–Trinajstić information content (AvgIpc) is 3.25. The van der Waals surface area contributed by atoms with Crippen LogP contribution in [-0.4, -0.2) is 48.7 Å². The van der Waals surface area contributed by atoms with Crippen molar-refractivity contribution in [2.45, 2.75) is 54.9 Å². The van der Waals surface area contributed by atoms with Gasteiger partial charge in [-0.1, -0.05) is 37.7 Å². The molecular weight excluding hydrogens is 551 g/mol. The van der Waals surface area contributed by atoms with Gasteiger partial charge in [-0.05, 0) is 49.1 Å². The molecule has 0 spiro atoms. The molecule has 0 aliphatic carbocycles. The van der Waals surface area contributed by atoms with Crippen molar-refractivity contribution in [3.8, 4) is 0 Å². The minimum absolute atomic E-state index is 0. The lowest BCUT2D eigenvalue weighted by molar-refractivity contribution is -0.142. The van der Waals surface area contributed by atoms with Crippen molar-refractivity contribution in [2.75, 3.05) is 19.0 Å². The molecule has 33 heavy (non-hydrogen) atoms. The maximum Gasteiger partial charge on any atom is 0.245 e. The zero-order valence-corrected chi connectivity index (χ0v) is 22.2. The Hall–Kier alpha value is -1.66. The van der Waals surface area contributed by atoms with Crippen LogP contribution in [0.15, 0.2) is 52.3 Å². The fraction of sp³-hybridized carbons (Fsp3) is 0.417. The zero-order valence-electron chi connectivity index (χ0n) is 19.0. The number of ether oxygens (including phenoxy) is 2. The van der Waals surface area contributed by atoms with Crippen LogP contribution in [0.5, 0.6) is 0 Å². The van der Waals surface area contributed by atoms with Crippen molar-refractivity contribution in [2.24, 2.45) is 11.7 Å². The molecular formula is C24H31IN4O3S. The van der Waals surface area contributed by atoms with Crippen LogP contribution in [0, 0.1) is 11.3 Å². The number of fused-ring (bicyclic) bond motifs is 2. The zero-order chi connectivity index (χ0) is 22.8. The van der Waals surface area contributed by atoms with E-state index in [-0.39, 0.29) is 41.6 Å². The van der Waals surface area contributed by atoms with Gasteiger partial charge in [0.2, 0.25) is 5.91 Å². The number of amides is 1. The fourth-order valence-corrected chi connectivity index (χ4v) is 5.15. The van der Waals surface area contributed by atoms with E-state index in [0.29, 0.717) is 25.0 Å². The Balaban J connectivity index is 0.00000306. The summed E-state index contributed by atoms with van der Waals surface area (Å²) in [5.74, 6) is 0.111. The minimum atomic E-state index is -0.688. The number of rotatable bonds is 6. The first-order valence-electron chi connectivity index (χ1n) is 10.9. The third kappa shape index (κ3) is 5.54. The minimum Gasteiger partial charge on any atom is -0.354 e. The van der Waals surface area contributed by atoms with Crippen molar-refractivity contribution in [3.05, 3.63) is 48.0 Å². The Bertz CT molecular complexity index is 1020. The Kier molecular flexibility index (Phi) is 8.79. The van der Waals surface area contributed by atoms with Crippen LogP contribution in [0.2, 0.25) is 0 Å². The first kappa shape index (κ1) is 26.0. The van der Waals surface area contributed by atoms with Crippen LogP contribution in [0.25, 0.3) is 0 Å². The van der Waals surface area contributed by atoms with Crippen LogP contribution >= 0.6 is 35.7 Å². The molecule has 1 saturated heterocycles. The first-order chi connectivity index (χ1) is 15.4. The predicted octanol–water partition coefficient (Wildman–Crippen LogP) is 4.80. The van der Waals surface area contributed by atoms with E-state index < -0.39 is 18.4 Å². The van der Waals surface area contributed by atoms with E-state index in [1.807, 2.05) is 50.2 Å². The van der Waals surface area contributed by atoms with E-state index in [2.05, 4.69) is 11.4 Å². The van der Waals surface area contributed by atoms with E-state index >= 15 is 0 Å². The van der Waals surface area contributed by atoms with Crippen molar-refractivity contribution < 1.29 is 14.3 Å². The first-order valence-corrected chi connectivity index (χ1v) is 11.7. The number of amidine groups is 1. The second-order valence-electron chi connectivity index (χ2n) is 8.56. The number of halogens is 1. The number of anilines is 2. The van der Waals surface area contributed by atoms with Gasteiger partial charge in [0.25, 0.3) is 0 Å². The summed E-state index contributed by atoms with van der Waals surface area (Å²) in [6, 6.07) is 12.8. The number of nitrogens with two attached hydrogens (primary N) is 1. The van der Waals surface area contributed by atoms with E-state index in [1.54, 1.807) is 18.9 Å². The molecule has 0 aromatic heterocycles.